The zero-order valence-electron chi connectivity index (χ0n) is 10.8. The van der Waals surface area contributed by atoms with Crippen LogP contribution in [0.15, 0.2) is 40.9 Å². The van der Waals surface area contributed by atoms with Gasteiger partial charge in [0.05, 0.1) is 11.1 Å². The first-order chi connectivity index (χ1) is 9.54. The molecule has 0 saturated carbocycles. The van der Waals surface area contributed by atoms with E-state index in [2.05, 4.69) is 21.2 Å². The van der Waals surface area contributed by atoms with Crippen LogP contribution in [0.4, 0.5) is 4.39 Å². The fourth-order valence-corrected chi connectivity index (χ4v) is 2.63. The summed E-state index contributed by atoms with van der Waals surface area (Å²) >= 11 is 15.1. The predicted molar refractivity (Wildman–Crippen MR) is 86.1 cm³/mol. The summed E-state index contributed by atoms with van der Waals surface area (Å²) in [5.41, 5.74) is 1.45. The Morgan fingerprint density at radius 2 is 1.80 bits per heavy atom. The smallest absolute Gasteiger partial charge is 0.148 e. The van der Waals surface area contributed by atoms with Crippen molar-refractivity contribution in [1.29, 1.82) is 0 Å². The van der Waals surface area contributed by atoms with Crippen molar-refractivity contribution in [3.05, 3.63) is 67.9 Å². The van der Waals surface area contributed by atoms with Gasteiger partial charge in [0.2, 0.25) is 0 Å². The predicted octanol–water partition coefficient (Wildman–Crippen LogP) is 5.59. The van der Waals surface area contributed by atoms with E-state index in [1.165, 1.54) is 0 Å². The Labute approximate surface area is 136 Å². The highest BCUT2D eigenvalue weighted by Gasteiger charge is 2.20. The van der Waals surface area contributed by atoms with Crippen molar-refractivity contribution in [2.45, 2.75) is 13.0 Å². The van der Waals surface area contributed by atoms with Crippen molar-refractivity contribution in [3.63, 3.8) is 0 Å². The first-order valence-electron chi connectivity index (χ1n) is 6.16. The summed E-state index contributed by atoms with van der Waals surface area (Å²) in [6, 6.07) is 10.6. The molecule has 0 amide bonds. The molecule has 0 aliphatic heterocycles. The number of halogens is 4. The molecule has 0 aliphatic carbocycles. The Balaban J connectivity index is 2.48. The van der Waals surface area contributed by atoms with Crippen molar-refractivity contribution in [2.75, 3.05) is 6.54 Å². The lowest BCUT2D eigenvalue weighted by Crippen LogP contribution is -2.23. The molecule has 1 nitrogen and oxygen atoms in total. The lowest BCUT2D eigenvalue weighted by molar-refractivity contribution is 0.559. The van der Waals surface area contributed by atoms with Crippen LogP contribution in [0.2, 0.25) is 10.0 Å². The minimum absolute atomic E-state index is 0.0966. The van der Waals surface area contributed by atoms with Gasteiger partial charge in [0.1, 0.15) is 5.82 Å². The largest absolute Gasteiger partial charge is 0.306 e. The van der Waals surface area contributed by atoms with Gasteiger partial charge in [0, 0.05) is 15.1 Å². The average molecular weight is 377 g/mol. The molecule has 20 heavy (non-hydrogen) atoms. The highest BCUT2D eigenvalue weighted by molar-refractivity contribution is 9.10. The number of hydrogen-bond donors (Lipinski definition) is 1. The van der Waals surface area contributed by atoms with E-state index in [0.29, 0.717) is 21.6 Å². The number of nitrogens with one attached hydrogen (secondary N) is 1. The van der Waals surface area contributed by atoms with E-state index in [1.54, 1.807) is 24.3 Å². The molecule has 0 spiro atoms. The Hall–Kier alpha value is -0.610. The van der Waals surface area contributed by atoms with Crippen LogP contribution in [-0.4, -0.2) is 6.54 Å². The molecule has 5 heteroatoms. The van der Waals surface area contributed by atoms with Gasteiger partial charge in [-0.2, -0.15) is 0 Å². The molecule has 0 radical (unpaired) electrons. The maximum atomic E-state index is 14.4. The summed E-state index contributed by atoms with van der Waals surface area (Å²) in [5.74, 6) is -0.415. The molecule has 2 rings (SSSR count). The van der Waals surface area contributed by atoms with Gasteiger partial charge in [-0.25, -0.2) is 4.39 Å². The van der Waals surface area contributed by atoms with Crippen molar-refractivity contribution in [1.82, 2.24) is 5.32 Å². The summed E-state index contributed by atoms with van der Waals surface area (Å²) in [7, 11) is 0. The molecule has 1 unspecified atom stereocenters. The fraction of sp³-hybridized carbons (Fsp3) is 0.200. The van der Waals surface area contributed by atoms with Crippen LogP contribution in [0.3, 0.4) is 0 Å². The van der Waals surface area contributed by atoms with Gasteiger partial charge < -0.3 is 5.32 Å². The van der Waals surface area contributed by atoms with Crippen molar-refractivity contribution < 1.29 is 4.39 Å². The Morgan fingerprint density at radius 1 is 1.15 bits per heavy atom. The highest BCUT2D eigenvalue weighted by atomic mass is 79.9. The minimum Gasteiger partial charge on any atom is -0.306 e. The number of benzene rings is 2. The topological polar surface area (TPSA) is 12.0 Å². The molecule has 0 fully saturated rings. The third kappa shape index (κ3) is 3.34. The molecule has 106 valence electrons. The summed E-state index contributed by atoms with van der Waals surface area (Å²) in [5, 5.41) is 4.01. The molecule has 0 bridgehead atoms. The first-order valence-corrected chi connectivity index (χ1v) is 7.71. The number of hydrogen-bond acceptors (Lipinski definition) is 1. The van der Waals surface area contributed by atoms with Crippen LogP contribution in [-0.2, 0) is 0 Å². The van der Waals surface area contributed by atoms with Crippen molar-refractivity contribution in [2.24, 2.45) is 0 Å². The molecular weight excluding hydrogens is 364 g/mol. The first kappa shape index (κ1) is 15.8. The quantitative estimate of drug-likeness (QED) is 0.685. The van der Waals surface area contributed by atoms with Gasteiger partial charge in [0.15, 0.2) is 0 Å². The maximum absolute atomic E-state index is 14.4. The molecule has 0 saturated heterocycles. The van der Waals surface area contributed by atoms with Crippen LogP contribution in [0, 0.1) is 5.82 Å². The lowest BCUT2D eigenvalue weighted by atomic mass is 9.98. The zero-order valence-corrected chi connectivity index (χ0v) is 13.9. The van der Waals surface area contributed by atoms with Gasteiger partial charge in [-0.1, -0.05) is 48.3 Å². The maximum Gasteiger partial charge on any atom is 0.148 e. The van der Waals surface area contributed by atoms with Gasteiger partial charge >= 0.3 is 0 Å². The second kappa shape index (κ2) is 6.90. The van der Waals surface area contributed by atoms with Crippen molar-refractivity contribution >= 4 is 39.1 Å². The Morgan fingerprint density at radius 3 is 2.40 bits per heavy atom. The second-order valence-electron chi connectivity index (χ2n) is 4.31. The highest BCUT2D eigenvalue weighted by Crippen LogP contribution is 2.33. The van der Waals surface area contributed by atoms with E-state index in [4.69, 9.17) is 23.2 Å². The van der Waals surface area contributed by atoms with Gasteiger partial charge in [-0.3, -0.25) is 0 Å². The van der Waals surface area contributed by atoms with Crippen LogP contribution in [0.1, 0.15) is 24.1 Å². The third-order valence-electron chi connectivity index (χ3n) is 2.99. The van der Waals surface area contributed by atoms with E-state index in [-0.39, 0.29) is 11.1 Å². The average Bonchev–Trinajstić information content (AvgIpc) is 2.44. The molecule has 0 aliphatic rings. The third-order valence-corrected chi connectivity index (χ3v) is 4.50. The number of rotatable bonds is 4. The van der Waals surface area contributed by atoms with E-state index < -0.39 is 5.82 Å². The van der Waals surface area contributed by atoms with Crippen LogP contribution in [0.25, 0.3) is 0 Å². The van der Waals surface area contributed by atoms with Gasteiger partial charge in [0.25, 0.3) is 0 Å². The van der Waals surface area contributed by atoms with Crippen LogP contribution < -0.4 is 5.32 Å². The van der Waals surface area contributed by atoms with Crippen molar-refractivity contribution in [3.8, 4) is 0 Å². The molecule has 1 N–H and O–H groups in total. The van der Waals surface area contributed by atoms with E-state index in [9.17, 15) is 4.39 Å². The van der Waals surface area contributed by atoms with Gasteiger partial charge in [-0.15, -0.1) is 0 Å². The molecule has 2 aromatic carbocycles. The van der Waals surface area contributed by atoms with Gasteiger partial charge in [-0.05, 0) is 46.2 Å². The molecule has 2 aromatic rings. The monoisotopic (exact) mass is 375 g/mol. The molecule has 0 heterocycles. The van der Waals surface area contributed by atoms with Crippen LogP contribution >= 0.6 is 39.1 Å². The minimum atomic E-state index is -0.415. The normalized spacial score (nSPS) is 12.4. The zero-order chi connectivity index (χ0) is 14.7. The van der Waals surface area contributed by atoms with E-state index >= 15 is 0 Å². The second-order valence-corrected chi connectivity index (χ2v) is 5.98. The SMILES string of the molecule is CCNC(c1ccc(Cl)cc1)c1ccc(Br)c(Cl)c1F. The summed E-state index contributed by atoms with van der Waals surface area (Å²) in [4.78, 5) is 0. The molecule has 0 aromatic heterocycles. The molecular formula is C15H13BrCl2FN. The van der Waals surface area contributed by atoms with Crippen LogP contribution in [0.5, 0.6) is 0 Å². The lowest BCUT2D eigenvalue weighted by Gasteiger charge is -2.20. The fourth-order valence-electron chi connectivity index (χ4n) is 2.03. The molecule has 1 atom stereocenters. The van der Waals surface area contributed by atoms with E-state index in [0.717, 1.165) is 5.56 Å². The van der Waals surface area contributed by atoms with E-state index in [1.807, 2.05) is 19.1 Å². The standard InChI is InChI=1S/C15H13BrCl2FN/c1-2-20-15(9-3-5-10(17)6-4-9)11-7-8-12(16)13(18)14(11)19/h3-8,15,20H,2H2,1H3. The Bertz CT molecular complexity index is 602. The summed E-state index contributed by atoms with van der Waals surface area (Å²) < 4.78 is 14.9. The summed E-state index contributed by atoms with van der Waals surface area (Å²) in [6.45, 7) is 2.68. The summed E-state index contributed by atoms with van der Waals surface area (Å²) in [6.07, 6.45) is 0. The Kier molecular flexibility index (Phi) is 5.44.